The Balaban J connectivity index is 2.60. The van der Waals surface area contributed by atoms with Crippen molar-refractivity contribution < 1.29 is 19.1 Å². The lowest BCUT2D eigenvalue weighted by atomic mass is 10.2. The van der Waals surface area contributed by atoms with Gasteiger partial charge in [-0.1, -0.05) is 18.2 Å². The minimum Gasteiger partial charge on any atom is -0.466 e. The predicted octanol–water partition coefficient (Wildman–Crippen LogP) is 2.90. The minimum absolute atomic E-state index is 0.0700. The predicted molar refractivity (Wildman–Crippen MR) is 89.3 cm³/mol. The van der Waals surface area contributed by atoms with E-state index in [2.05, 4.69) is 0 Å². The fourth-order valence-electron chi connectivity index (χ4n) is 2.11. The topological polar surface area (TPSA) is 55.8 Å². The Hall–Kier alpha value is -1.88. The molecule has 5 heteroatoms. The maximum Gasteiger partial charge on any atom is 0.307 e. The van der Waals surface area contributed by atoms with Crippen LogP contribution in [0.15, 0.2) is 30.3 Å². The van der Waals surface area contributed by atoms with E-state index in [4.69, 9.17) is 9.47 Å². The lowest BCUT2D eigenvalue weighted by Crippen LogP contribution is -2.34. The molecule has 0 aliphatic heterocycles. The smallest absolute Gasteiger partial charge is 0.307 e. The number of amides is 1. The molecule has 5 nitrogen and oxygen atoms in total. The summed E-state index contributed by atoms with van der Waals surface area (Å²) in [4.78, 5) is 25.8. The van der Waals surface area contributed by atoms with E-state index in [0.29, 0.717) is 31.9 Å². The maximum atomic E-state index is 12.6. The molecule has 1 rings (SSSR count). The van der Waals surface area contributed by atoms with Gasteiger partial charge in [-0.25, -0.2) is 0 Å². The monoisotopic (exact) mass is 321 g/mol. The second-order valence-corrected chi connectivity index (χ2v) is 5.49. The number of nitrogens with zero attached hydrogens (tertiary/aromatic N) is 1. The number of ether oxygens (including phenoxy) is 2. The van der Waals surface area contributed by atoms with E-state index in [9.17, 15) is 9.59 Å². The Kier molecular flexibility index (Phi) is 8.98. The van der Waals surface area contributed by atoms with Gasteiger partial charge in [-0.2, -0.15) is 0 Å². The van der Waals surface area contributed by atoms with Crippen molar-refractivity contribution >= 4 is 11.9 Å². The highest BCUT2D eigenvalue weighted by molar-refractivity contribution is 5.94. The van der Waals surface area contributed by atoms with Crippen molar-refractivity contribution in [3.63, 3.8) is 0 Å². The molecule has 1 amide bonds. The van der Waals surface area contributed by atoms with Crippen LogP contribution in [-0.4, -0.2) is 49.2 Å². The maximum absolute atomic E-state index is 12.6. The molecule has 0 unspecified atom stereocenters. The van der Waals surface area contributed by atoms with Gasteiger partial charge in [0.05, 0.1) is 19.1 Å². The molecule has 0 saturated carbocycles. The number of benzene rings is 1. The van der Waals surface area contributed by atoms with Gasteiger partial charge in [-0.3, -0.25) is 9.59 Å². The number of hydrogen-bond acceptors (Lipinski definition) is 4. The van der Waals surface area contributed by atoms with Crippen molar-refractivity contribution in [3.05, 3.63) is 35.9 Å². The fraction of sp³-hybridized carbons (Fsp3) is 0.556. The zero-order valence-corrected chi connectivity index (χ0v) is 14.3. The van der Waals surface area contributed by atoms with Crippen LogP contribution in [0.5, 0.6) is 0 Å². The van der Waals surface area contributed by atoms with Crippen LogP contribution in [0.3, 0.4) is 0 Å². The van der Waals surface area contributed by atoms with Crippen molar-refractivity contribution in [1.82, 2.24) is 4.90 Å². The van der Waals surface area contributed by atoms with Crippen LogP contribution < -0.4 is 0 Å². The summed E-state index contributed by atoms with van der Waals surface area (Å²) < 4.78 is 10.4. The minimum atomic E-state index is -0.281. The van der Waals surface area contributed by atoms with Crippen molar-refractivity contribution in [2.45, 2.75) is 39.7 Å². The van der Waals surface area contributed by atoms with Gasteiger partial charge >= 0.3 is 5.97 Å². The largest absolute Gasteiger partial charge is 0.466 e. The number of hydrogen-bond donors (Lipinski definition) is 0. The second kappa shape index (κ2) is 10.8. The van der Waals surface area contributed by atoms with Crippen LogP contribution >= 0.6 is 0 Å². The molecule has 0 saturated heterocycles. The number of rotatable bonds is 10. The second-order valence-electron chi connectivity index (χ2n) is 5.49. The molecule has 128 valence electrons. The third-order valence-corrected chi connectivity index (χ3v) is 3.22. The van der Waals surface area contributed by atoms with Crippen molar-refractivity contribution in [1.29, 1.82) is 0 Å². The Bertz CT molecular complexity index is 473. The van der Waals surface area contributed by atoms with E-state index in [-0.39, 0.29) is 24.4 Å². The molecule has 0 bridgehead atoms. The van der Waals surface area contributed by atoms with Gasteiger partial charge < -0.3 is 14.4 Å². The summed E-state index contributed by atoms with van der Waals surface area (Å²) in [5, 5.41) is 0. The summed E-state index contributed by atoms with van der Waals surface area (Å²) in [7, 11) is 0. The van der Waals surface area contributed by atoms with Crippen LogP contribution in [0.2, 0.25) is 0 Å². The number of carbonyl (C=O) groups excluding carboxylic acids is 2. The summed E-state index contributed by atoms with van der Waals surface area (Å²) in [6.45, 7) is 7.59. The first-order valence-corrected chi connectivity index (χ1v) is 8.16. The lowest BCUT2D eigenvalue weighted by molar-refractivity contribution is -0.143. The van der Waals surface area contributed by atoms with Gasteiger partial charge in [0.2, 0.25) is 0 Å². The third-order valence-electron chi connectivity index (χ3n) is 3.22. The standard InChI is InChI=1S/C18H27NO4/c1-4-22-17(20)11-13-19(12-8-14-23-15(2)3)18(21)16-9-6-5-7-10-16/h5-7,9-10,15H,4,8,11-14H2,1-3H3. The SMILES string of the molecule is CCOC(=O)CCN(CCCOC(C)C)C(=O)c1ccccc1. The molecule has 1 aromatic rings. The molecule has 0 spiro atoms. The summed E-state index contributed by atoms with van der Waals surface area (Å²) in [5.74, 6) is -0.351. The molecule has 0 aliphatic carbocycles. The van der Waals surface area contributed by atoms with Crippen molar-refractivity contribution in [2.75, 3.05) is 26.3 Å². The van der Waals surface area contributed by atoms with Gasteiger partial charge in [0.15, 0.2) is 0 Å². The van der Waals surface area contributed by atoms with Crippen LogP contribution in [0, 0.1) is 0 Å². The summed E-state index contributed by atoms with van der Waals surface area (Å²) in [5.41, 5.74) is 0.626. The van der Waals surface area contributed by atoms with Crippen LogP contribution in [0.25, 0.3) is 0 Å². The Morgan fingerprint density at radius 1 is 1.13 bits per heavy atom. The quantitative estimate of drug-likeness (QED) is 0.491. The van der Waals surface area contributed by atoms with Crippen molar-refractivity contribution in [3.8, 4) is 0 Å². The van der Waals surface area contributed by atoms with Gasteiger partial charge in [-0.05, 0) is 39.3 Å². The number of carbonyl (C=O) groups is 2. The molecule has 1 aromatic carbocycles. The third kappa shape index (κ3) is 7.79. The molecule has 0 atom stereocenters. The van der Waals surface area contributed by atoms with E-state index < -0.39 is 0 Å². The highest BCUT2D eigenvalue weighted by atomic mass is 16.5. The fourth-order valence-corrected chi connectivity index (χ4v) is 2.11. The summed E-state index contributed by atoms with van der Waals surface area (Å²) >= 11 is 0. The molecule has 0 heterocycles. The molecule has 0 aromatic heterocycles. The zero-order chi connectivity index (χ0) is 17.1. The van der Waals surface area contributed by atoms with E-state index in [1.807, 2.05) is 32.0 Å². The molecular weight excluding hydrogens is 294 g/mol. The molecule has 0 N–H and O–H groups in total. The van der Waals surface area contributed by atoms with Gasteiger partial charge in [0.25, 0.3) is 5.91 Å². The highest BCUT2D eigenvalue weighted by Crippen LogP contribution is 2.07. The molecule has 0 radical (unpaired) electrons. The molecular formula is C18H27NO4. The van der Waals surface area contributed by atoms with Crippen LogP contribution in [0.4, 0.5) is 0 Å². The first-order valence-electron chi connectivity index (χ1n) is 8.16. The first kappa shape index (κ1) is 19.2. The highest BCUT2D eigenvalue weighted by Gasteiger charge is 2.17. The number of esters is 1. The molecule has 0 aliphatic rings. The van der Waals surface area contributed by atoms with Crippen LogP contribution in [0.1, 0.15) is 44.0 Å². The van der Waals surface area contributed by atoms with E-state index in [1.54, 1.807) is 24.0 Å². The Morgan fingerprint density at radius 3 is 2.43 bits per heavy atom. The molecule has 0 fully saturated rings. The van der Waals surface area contributed by atoms with Gasteiger partial charge in [-0.15, -0.1) is 0 Å². The average Bonchev–Trinajstić information content (AvgIpc) is 2.54. The summed E-state index contributed by atoms with van der Waals surface area (Å²) in [6.07, 6.45) is 1.12. The van der Waals surface area contributed by atoms with Gasteiger partial charge in [0.1, 0.15) is 0 Å². The Labute approximate surface area is 138 Å². The van der Waals surface area contributed by atoms with Gasteiger partial charge in [0, 0.05) is 25.3 Å². The van der Waals surface area contributed by atoms with E-state index in [0.717, 1.165) is 6.42 Å². The van der Waals surface area contributed by atoms with E-state index >= 15 is 0 Å². The van der Waals surface area contributed by atoms with Crippen molar-refractivity contribution in [2.24, 2.45) is 0 Å². The zero-order valence-electron chi connectivity index (χ0n) is 14.3. The molecule has 23 heavy (non-hydrogen) atoms. The Morgan fingerprint density at radius 2 is 1.83 bits per heavy atom. The van der Waals surface area contributed by atoms with Crippen LogP contribution in [-0.2, 0) is 14.3 Å². The lowest BCUT2D eigenvalue weighted by Gasteiger charge is -2.22. The first-order chi connectivity index (χ1) is 11.0. The van der Waals surface area contributed by atoms with E-state index in [1.165, 1.54) is 0 Å². The average molecular weight is 321 g/mol. The summed E-state index contributed by atoms with van der Waals surface area (Å²) in [6, 6.07) is 9.10. The normalized spacial score (nSPS) is 10.6.